The molecule has 0 saturated carbocycles. The van der Waals surface area contributed by atoms with Crippen molar-refractivity contribution in [2.75, 3.05) is 11.9 Å². The maximum absolute atomic E-state index is 5.90. The van der Waals surface area contributed by atoms with Gasteiger partial charge in [-0.3, -0.25) is 0 Å². The van der Waals surface area contributed by atoms with Crippen molar-refractivity contribution >= 4 is 51.2 Å². The van der Waals surface area contributed by atoms with Gasteiger partial charge in [-0.15, -0.1) is 31.7 Å². The fourth-order valence-corrected chi connectivity index (χ4v) is 4.68. The Kier molecular flexibility index (Phi) is 6.03. The van der Waals surface area contributed by atoms with Crippen LogP contribution in [0.15, 0.2) is 50.5 Å². The zero-order chi connectivity index (χ0) is 18.5. The minimum Gasteiger partial charge on any atom is -0.420 e. The van der Waals surface area contributed by atoms with E-state index in [4.69, 9.17) is 16.0 Å². The van der Waals surface area contributed by atoms with Gasteiger partial charge in [0.15, 0.2) is 4.34 Å². The molecule has 1 aromatic carbocycles. The number of nitrogens with one attached hydrogen (secondary N) is 1. The number of hydrogen-bond acceptors (Lipinski definition) is 9. The number of nitrogens with zero attached hydrogens (tertiary/aromatic N) is 4. The van der Waals surface area contributed by atoms with Crippen molar-refractivity contribution in [2.45, 2.75) is 16.5 Å². The van der Waals surface area contributed by atoms with E-state index >= 15 is 0 Å². The molecular formula is C17H14ClN5OS3. The number of anilines is 1. The molecule has 27 heavy (non-hydrogen) atoms. The summed E-state index contributed by atoms with van der Waals surface area (Å²) in [6.07, 6.45) is 0.981. The van der Waals surface area contributed by atoms with Crippen molar-refractivity contribution in [3.63, 3.8) is 0 Å². The zero-order valence-electron chi connectivity index (χ0n) is 14.0. The van der Waals surface area contributed by atoms with E-state index in [9.17, 15) is 0 Å². The summed E-state index contributed by atoms with van der Waals surface area (Å²) in [5.74, 6) is 1.58. The van der Waals surface area contributed by atoms with E-state index in [1.165, 1.54) is 28.0 Å². The first-order valence-electron chi connectivity index (χ1n) is 8.07. The van der Waals surface area contributed by atoms with Gasteiger partial charge in [-0.05, 0) is 42.1 Å². The van der Waals surface area contributed by atoms with Crippen LogP contribution in [0.1, 0.15) is 10.8 Å². The van der Waals surface area contributed by atoms with Crippen molar-refractivity contribution in [3.8, 4) is 11.5 Å². The monoisotopic (exact) mass is 435 g/mol. The number of halogens is 1. The average molecular weight is 436 g/mol. The number of rotatable bonds is 8. The predicted molar refractivity (Wildman–Crippen MR) is 111 cm³/mol. The van der Waals surface area contributed by atoms with Crippen LogP contribution in [-0.4, -0.2) is 26.9 Å². The maximum atomic E-state index is 5.90. The van der Waals surface area contributed by atoms with Crippen LogP contribution in [0.25, 0.3) is 11.5 Å². The number of thiophene rings is 1. The molecular weight excluding hydrogens is 422 g/mol. The molecule has 0 aliphatic carbocycles. The Bertz CT molecular complexity index is 984. The highest BCUT2D eigenvalue weighted by atomic mass is 35.5. The van der Waals surface area contributed by atoms with Gasteiger partial charge >= 0.3 is 0 Å². The minimum absolute atomic E-state index is 0.482. The van der Waals surface area contributed by atoms with E-state index in [0.717, 1.165) is 28.0 Å². The molecule has 0 fully saturated rings. The van der Waals surface area contributed by atoms with E-state index in [2.05, 4.69) is 43.2 Å². The summed E-state index contributed by atoms with van der Waals surface area (Å²) in [6, 6.07) is 11.5. The number of aromatic nitrogens is 4. The van der Waals surface area contributed by atoms with Crippen LogP contribution < -0.4 is 5.32 Å². The molecule has 0 aliphatic rings. The molecule has 0 unspecified atom stereocenters. The molecule has 0 radical (unpaired) electrons. The van der Waals surface area contributed by atoms with Gasteiger partial charge in [-0.1, -0.05) is 40.8 Å². The Balaban J connectivity index is 1.28. The van der Waals surface area contributed by atoms with E-state index in [-0.39, 0.29) is 0 Å². The van der Waals surface area contributed by atoms with Gasteiger partial charge in [0.05, 0.1) is 5.75 Å². The van der Waals surface area contributed by atoms with E-state index < -0.39 is 0 Å². The smallest absolute Gasteiger partial charge is 0.247 e. The van der Waals surface area contributed by atoms with Crippen LogP contribution in [0.2, 0.25) is 5.02 Å². The first-order chi connectivity index (χ1) is 13.3. The maximum Gasteiger partial charge on any atom is 0.247 e. The summed E-state index contributed by atoms with van der Waals surface area (Å²) >= 11 is 10.7. The molecule has 4 rings (SSSR count). The minimum atomic E-state index is 0.482. The lowest BCUT2D eigenvalue weighted by atomic mass is 10.2. The van der Waals surface area contributed by atoms with Gasteiger partial charge in [0.25, 0.3) is 0 Å². The summed E-state index contributed by atoms with van der Waals surface area (Å²) < 4.78 is 6.56. The van der Waals surface area contributed by atoms with E-state index in [1.54, 1.807) is 23.5 Å². The van der Waals surface area contributed by atoms with E-state index in [1.807, 2.05) is 12.1 Å². The fraction of sp³-hybridized carbons (Fsp3) is 0.176. The molecule has 0 aliphatic heterocycles. The fourth-order valence-electron chi connectivity index (χ4n) is 2.23. The number of thioether (sulfide) groups is 1. The topological polar surface area (TPSA) is 76.7 Å². The third-order valence-corrected chi connectivity index (χ3v) is 6.70. The van der Waals surface area contributed by atoms with Crippen molar-refractivity contribution < 1.29 is 4.42 Å². The van der Waals surface area contributed by atoms with Crippen LogP contribution in [0.3, 0.4) is 0 Å². The van der Waals surface area contributed by atoms with Crippen LogP contribution in [0, 0.1) is 0 Å². The Hall–Kier alpha value is -1.94. The molecule has 0 spiro atoms. The largest absolute Gasteiger partial charge is 0.420 e. The second kappa shape index (κ2) is 8.83. The second-order valence-electron chi connectivity index (χ2n) is 5.43. The first kappa shape index (κ1) is 18.4. The standard InChI is InChI=1S/C17H14ClN5OS3/c18-12-5-3-11(4-6-12)15-21-20-14(24-15)10-26-17-23-22-16(27-17)19-8-7-13-2-1-9-25-13/h1-6,9H,7-8,10H2,(H,19,22). The highest BCUT2D eigenvalue weighted by Crippen LogP contribution is 2.29. The first-order valence-corrected chi connectivity index (χ1v) is 11.1. The van der Waals surface area contributed by atoms with Crippen LogP contribution >= 0.6 is 46.0 Å². The predicted octanol–water partition coefficient (Wildman–Crippen LogP) is 5.25. The molecule has 6 nitrogen and oxygen atoms in total. The van der Waals surface area contributed by atoms with Crippen molar-refractivity contribution in [1.82, 2.24) is 20.4 Å². The van der Waals surface area contributed by atoms with Crippen molar-refractivity contribution in [1.29, 1.82) is 0 Å². The Labute approximate surface area is 173 Å². The molecule has 3 heterocycles. The van der Waals surface area contributed by atoms with Gasteiger partial charge < -0.3 is 9.73 Å². The van der Waals surface area contributed by atoms with Crippen LogP contribution in [0.4, 0.5) is 5.13 Å². The molecule has 0 bridgehead atoms. The van der Waals surface area contributed by atoms with Crippen LogP contribution in [-0.2, 0) is 12.2 Å². The van der Waals surface area contributed by atoms with Crippen molar-refractivity contribution in [3.05, 3.63) is 57.6 Å². The molecule has 0 amide bonds. The molecule has 4 aromatic rings. The van der Waals surface area contributed by atoms with Gasteiger partial charge in [-0.2, -0.15) is 0 Å². The van der Waals surface area contributed by atoms with E-state index in [0.29, 0.717) is 22.6 Å². The Morgan fingerprint density at radius 1 is 1.07 bits per heavy atom. The van der Waals surface area contributed by atoms with Gasteiger partial charge in [0.2, 0.25) is 16.9 Å². The summed E-state index contributed by atoms with van der Waals surface area (Å²) in [5.41, 5.74) is 0.844. The third-order valence-electron chi connectivity index (χ3n) is 3.51. The normalized spacial score (nSPS) is 11.0. The second-order valence-corrected chi connectivity index (χ2v) is 9.09. The molecule has 1 N–H and O–H groups in total. The van der Waals surface area contributed by atoms with Gasteiger partial charge in [0.1, 0.15) is 0 Å². The molecule has 0 saturated heterocycles. The highest BCUT2D eigenvalue weighted by molar-refractivity contribution is 8.00. The van der Waals surface area contributed by atoms with Crippen LogP contribution in [0.5, 0.6) is 0 Å². The Morgan fingerprint density at radius 2 is 1.96 bits per heavy atom. The highest BCUT2D eigenvalue weighted by Gasteiger charge is 2.11. The number of benzene rings is 1. The molecule has 138 valence electrons. The summed E-state index contributed by atoms with van der Waals surface area (Å²) in [4.78, 5) is 1.36. The lowest BCUT2D eigenvalue weighted by molar-refractivity contribution is 0.528. The van der Waals surface area contributed by atoms with Crippen molar-refractivity contribution in [2.24, 2.45) is 0 Å². The molecule has 0 atom stereocenters. The molecule has 3 aromatic heterocycles. The summed E-state index contributed by atoms with van der Waals surface area (Å²) in [7, 11) is 0. The zero-order valence-corrected chi connectivity index (χ0v) is 17.2. The summed E-state index contributed by atoms with van der Waals surface area (Å²) in [5, 5.41) is 23.4. The lowest BCUT2D eigenvalue weighted by Crippen LogP contribution is -2.03. The quantitative estimate of drug-likeness (QED) is 0.378. The summed E-state index contributed by atoms with van der Waals surface area (Å²) in [6.45, 7) is 0.841. The average Bonchev–Trinajstić information content (AvgIpc) is 3.43. The number of hydrogen-bond donors (Lipinski definition) is 1. The third kappa shape index (κ3) is 5.07. The molecule has 10 heteroatoms. The lowest BCUT2D eigenvalue weighted by Gasteiger charge is -1.98. The van der Waals surface area contributed by atoms with Gasteiger partial charge in [-0.25, -0.2) is 0 Å². The SMILES string of the molecule is Clc1ccc(-c2nnc(CSc3nnc(NCCc4cccs4)s3)o2)cc1. The Morgan fingerprint density at radius 3 is 2.78 bits per heavy atom. The van der Waals surface area contributed by atoms with Gasteiger partial charge in [0, 0.05) is 22.0 Å².